The number of aromatic nitrogens is 3. The van der Waals surface area contributed by atoms with E-state index in [4.69, 9.17) is 9.15 Å². The van der Waals surface area contributed by atoms with Crippen molar-refractivity contribution in [2.75, 3.05) is 0 Å². The van der Waals surface area contributed by atoms with E-state index in [1.54, 1.807) is 18.2 Å². The van der Waals surface area contributed by atoms with Crippen LogP contribution in [-0.2, 0) is 6.61 Å². The monoisotopic (exact) mass is 417 g/mol. The lowest BCUT2D eigenvalue weighted by Crippen LogP contribution is -2.16. The topological polar surface area (TPSA) is 61.0 Å². The van der Waals surface area contributed by atoms with Crippen LogP contribution in [0.1, 0.15) is 23.6 Å². The molecule has 0 atom stereocenters. The molecule has 0 spiro atoms. The molecule has 2 aromatic heterocycles. The molecule has 2 heterocycles. The van der Waals surface area contributed by atoms with Gasteiger partial charge in [0.1, 0.15) is 26.2 Å². The summed E-state index contributed by atoms with van der Waals surface area (Å²) in [6.07, 6.45) is -1.40. The quantitative estimate of drug-likeness (QED) is 0.431. The van der Waals surface area contributed by atoms with Crippen molar-refractivity contribution in [2.45, 2.75) is 32.7 Å². The molecule has 3 aromatic rings. The standard InChI is InChI=1S/C20H18F3N3O2Si/c1-29(2,3)9-8-13-10-16(6-7-17(13)21)27-12-15-5-4-14(11-24-15)19-25-26-20(28-19)18(22)23/h4-7,10-11,18H,12H2,1-3H3. The van der Waals surface area contributed by atoms with Crippen LogP contribution < -0.4 is 4.74 Å². The fourth-order valence-corrected chi connectivity index (χ4v) is 2.69. The molecule has 0 amide bonds. The van der Waals surface area contributed by atoms with E-state index >= 15 is 0 Å². The number of alkyl halides is 2. The number of hydrogen-bond donors (Lipinski definition) is 0. The Hall–Kier alpha value is -3.12. The zero-order valence-corrected chi connectivity index (χ0v) is 17.0. The first-order chi connectivity index (χ1) is 13.7. The second-order valence-electron chi connectivity index (χ2n) is 7.21. The van der Waals surface area contributed by atoms with Gasteiger partial charge >= 0.3 is 6.43 Å². The number of benzene rings is 1. The van der Waals surface area contributed by atoms with Gasteiger partial charge in [0, 0.05) is 6.20 Å². The average Bonchev–Trinajstić information content (AvgIpc) is 3.16. The summed E-state index contributed by atoms with van der Waals surface area (Å²) in [6, 6.07) is 7.66. The summed E-state index contributed by atoms with van der Waals surface area (Å²) in [5.41, 5.74) is 4.42. The van der Waals surface area contributed by atoms with E-state index < -0.39 is 26.2 Å². The highest BCUT2D eigenvalue weighted by atomic mass is 28.3. The van der Waals surface area contributed by atoms with Gasteiger partial charge in [0.05, 0.1) is 16.8 Å². The molecule has 0 aliphatic heterocycles. The minimum absolute atomic E-state index is 0.0376. The summed E-state index contributed by atoms with van der Waals surface area (Å²) in [6.45, 7) is 6.38. The molecule has 0 radical (unpaired) electrons. The normalized spacial score (nSPS) is 11.3. The van der Waals surface area contributed by atoms with E-state index in [1.807, 2.05) is 0 Å². The van der Waals surface area contributed by atoms with Crippen molar-refractivity contribution < 1.29 is 22.3 Å². The Kier molecular flexibility index (Phi) is 6.03. The van der Waals surface area contributed by atoms with Crippen molar-refractivity contribution in [3.8, 4) is 28.7 Å². The maximum Gasteiger partial charge on any atom is 0.314 e. The van der Waals surface area contributed by atoms with Crippen LogP contribution in [0, 0.1) is 17.3 Å². The number of pyridine rings is 1. The maximum absolute atomic E-state index is 13.9. The van der Waals surface area contributed by atoms with E-state index in [0.717, 1.165) is 0 Å². The summed E-state index contributed by atoms with van der Waals surface area (Å²) in [5.74, 6) is 2.19. The first kappa shape index (κ1) is 20.6. The Morgan fingerprint density at radius 2 is 1.93 bits per heavy atom. The van der Waals surface area contributed by atoms with Crippen molar-refractivity contribution >= 4 is 8.07 Å². The fourth-order valence-electron chi connectivity index (χ4n) is 2.18. The average molecular weight is 417 g/mol. The summed E-state index contributed by atoms with van der Waals surface area (Å²) in [4.78, 5) is 4.20. The molecule has 0 saturated heterocycles. The molecular formula is C20H18F3N3O2Si. The van der Waals surface area contributed by atoms with Gasteiger partial charge in [-0.2, -0.15) is 8.78 Å². The van der Waals surface area contributed by atoms with E-state index in [1.165, 1.54) is 18.3 Å². The molecule has 0 N–H and O–H groups in total. The van der Waals surface area contributed by atoms with Crippen LogP contribution in [0.4, 0.5) is 13.2 Å². The van der Waals surface area contributed by atoms with E-state index in [-0.39, 0.29) is 12.5 Å². The van der Waals surface area contributed by atoms with Gasteiger partial charge in [0.25, 0.3) is 5.89 Å². The molecule has 3 rings (SSSR count). The summed E-state index contributed by atoms with van der Waals surface area (Å²) in [7, 11) is -1.63. The van der Waals surface area contributed by atoms with E-state index in [2.05, 4.69) is 46.3 Å². The van der Waals surface area contributed by atoms with Crippen LogP contribution in [0.25, 0.3) is 11.5 Å². The van der Waals surface area contributed by atoms with Gasteiger partial charge in [0.15, 0.2) is 0 Å². The summed E-state index contributed by atoms with van der Waals surface area (Å²) >= 11 is 0. The molecule has 29 heavy (non-hydrogen) atoms. The Balaban J connectivity index is 1.67. The number of nitrogens with zero attached hydrogens (tertiary/aromatic N) is 3. The highest BCUT2D eigenvalue weighted by molar-refractivity contribution is 6.83. The lowest BCUT2D eigenvalue weighted by atomic mass is 10.2. The van der Waals surface area contributed by atoms with E-state index in [9.17, 15) is 13.2 Å². The Labute approximate surface area is 167 Å². The van der Waals surface area contributed by atoms with Crippen LogP contribution in [0.2, 0.25) is 19.6 Å². The summed E-state index contributed by atoms with van der Waals surface area (Å²) < 4.78 is 49.5. The maximum atomic E-state index is 13.9. The molecule has 5 nitrogen and oxygen atoms in total. The predicted molar refractivity (Wildman–Crippen MR) is 103 cm³/mol. The smallest absolute Gasteiger partial charge is 0.314 e. The molecule has 0 saturated carbocycles. The molecule has 9 heteroatoms. The second-order valence-corrected chi connectivity index (χ2v) is 12.0. The van der Waals surface area contributed by atoms with Gasteiger partial charge in [-0.15, -0.1) is 15.7 Å². The van der Waals surface area contributed by atoms with Crippen molar-refractivity contribution in [1.29, 1.82) is 0 Å². The first-order valence-corrected chi connectivity index (χ1v) is 12.2. The third-order valence-corrected chi connectivity index (χ3v) is 4.47. The molecule has 0 aliphatic carbocycles. The Bertz CT molecular complexity index is 1050. The highest BCUT2D eigenvalue weighted by Crippen LogP contribution is 2.23. The number of ether oxygens (including phenoxy) is 1. The largest absolute Gasteiger partial charge is 0.487 e. The Morgan fingerprint density at radius 3 is 2.55 bits per heavy atom. The third-order valence-electron chi connectivity index (χ3n) is 3.60. The van der Waals surface area contributed by atoms with Gasteiger partial charge in [-0.05, 0) is 30.3 Å². The van der Waals surface area contributed by atoms with Crippen molar-refractivity contribution in [3.05, 3.63) is 59.5 Å². The predicted octanol–water partition coefficient (Wildman–Crippen LogP) is 5.02. The first-order valence-electron chi connectivity index (χ1n) is 8.74. The van der Waals surface area contributed by atoms with Gasteiger partial charge in [-0.1, -0.05) is 25.6 Å². The van der Waals surface area contributed by atoms with Crippen LogP contribution in [0.3, 0.4) is 0 Å². The lowest BCUT2D eigenvalue weighted by molar-refractivity contribution is 0.116. The van der Waals surface area contributed by atoms with Crippen LogP contribution >= 0.6 is 0 Å². The number of hydrogen-bond acceptors (Lipinski definition) is 5. The fraction of sp³-hybridized carbons (Fsp3) is 0.250. The van der Waals surface area contributed by atoms with Crippen molar-refractivity contribution in [2.24, 2.45) is 0 Å². The molecule has 0 bridgehead atoms. The minimum atomic E-state index is -2.83. The van der Waals surface area contributed by atoms with Crippen molar-refractivity contribution in [1.82, 2.24) is 15.2 Å². The molecule has 1 aromatic carbocycles. The lowest BCUT2D eigenvalue weighted by Gasteiger charge is -2.08. The minimum Gasteiger partial charge on any atom is -0.487 e. The van der Waals surface area contributed by atoms with Gasteiger partial charge in [-0.3, -0.25) is 4.98 Å². The van der Waals surface area contributed by atoms with Crippen LogP contribution in [0.15, 0.2) is 40.9 Å². The molecular weight excluding hydrogens is 399 g/mol. The molecule has 150 valence electrons. The van der Waals surface area contributed by atoms with E-state index in [0.29, 0.717) is 22.6 Å². The zero-order chi connectivity index (χ0) is 21.0. The highest BCUT2D eigenvalue weighted by Gasteiger charge is 2.17. The molecule has 0 fully saturated rings. The summed E-state index contributed by atoms with van der Waals surface area (Å²) in [5, 5.41) is 6.85. The number of rotatable bonds is 5. The second kappa shape index (κ2) is 8.49. The number of halogens is 3. The SMILES string of the molecule is C[Si](C)(C)C#Cc1cc(OCc2ccc(-c3nnc(C(F)F)o3)cn2)ccc1F. The van der Waals surface area contributed by atoms with Crippen LogP contribution in [0.5, 0.6) is 5.75 Å². The van der Waals surface area contributed by atoms with Crippen LogP contribution in [-0.4, -0.2) is 23.3 Å². The van der Waals surface area contributed by atoms with Gasteiger partial charge < -0.3 is 9.15 Å². The van der Waals surface area contributed by atoms with Crippen molar-refractivity contribution in [3.63, 3.8) is 0 Å². The van der Waals surface area contributed by atoms with Gasteiger partial charge in [0.2, 0.25) is 5.89 Å². The molecule has 0 aliphatic rings. The Morgan fingerprint density at radius 1 is 1.14 bits per heavy atom. The van der Waals surface area contributed by atoms with Gasteiger partial charge in [-0.25, -0.2) is 4.39 Å². The third kappa shape index (κ3) is 5.68. The zero-order valence-electron chi connectivity index (χ0n) is 16.0. The molecule has 0 unspecified atom stereocenters.